The Hall–Kier alpha value is -1.59. The van der Waals surface area contributed by atoms with Gasteiger partial charge in [-0.15, -0.1) is 12.4 Å². The van der Waals surface area contributed by atoms with Crippen LogP contribution in [0.5, 0.6) is 0 Å². The highest BCUT2D eigenvalue weighted by molar-refractivity contribution is 5.92. The zero-order valence-electron chi connectivity index (χ0n) is 14.1. The van der Waals surface area contributed by atoms with Crippen LogP contribution >= 0.6 is 12.4 Å². The van der Waals surface area contributed by atoms with E-state index in [1.807, 2.05) is 45.2 Å². The van der Waals surface area contributed by atoms with Crippen molar-refractivity contribution in [3.8, 4) is 0 Å². The number of hydrogen-bond donors (Lipinski definition) is 3. The fraction of sp³-hybridized carbons (Fsp3) is 0.529. The zero-order valence-corrected chi connectivity index (χ0v) is 15.0. The van der Waals surface area contributed by atoms with Crippen molar-refractivity contribution in [1.82, 2.24) is 10.6 Å². The van der Waals surface area contributed by atoms with Crippen LogP contribution in [0.1, 0.15) is 38.7 Å². The molecule has 0 aromatic heterocycles. The van der Waals surface area contributed by atoms with Crippen LogP contribution in [0.3, 0.4) is 0 Å². The smallest absolute Gasteiger partial charge is 0.227 e. The lowest BCUT2D eigenvalue weighted by Gasteiger charge is -2.11. The van der Waals surface area contributed by atoms with Crippen LogP contribution in [0.2, 0.25) is 0 Å². The van der Waals surface area contributed by atoms with Gasteiger partial charge in [-0.25, -0.2) is 0 Å². The lowest BCUT2D eigenvalue weighted by Crippen LogP contribution is -2.24. The van der Waals surface area contributed by atoms with E-state index in [4.69, 9.17) is 0 Å². The molecule has 0 heterocycles. The van der Waals surface area contributed by atoms with Gasteiger partial charge < -0.3 is 16.0 Å². The normalized spacial score (nSPS) is 11.3. The van der Waals surface area contributed by atoms with Crippen molar-refractivity contribution in [2.45, 2.75) is 39.7 Å². The van der Waals surface area contributed by atoms with Crippen LogP contribution in [-0.2, 0) is 16.1 Å². The largest absolute Gasteiger partial charge is 0.352 e. The summed E-state index contributed by atoms with van der Waals surface area (Å²) in [6, 6.07) is 7.58. The SMILES string of the molecule is CCC(C)C(=O)Nc1cccc(CNC(=O)CCCNC)c1.Cl. The topological polar surface area (TPSA) is 70.2 Å². The molecule has 6 heteroatoms. The Balaban J connectivity index is 0.00000484. The summed E-state index contributed by atoms with van der Waals surface area (Å²) in [4.78, 5) is 23.6. The van der Waals surface area contributed by atoms with Gasteiger partial charge in [-0.05, 0) is 44.1 Å². The molecule has 1 aromatic carbocycles. The molecule has 0 bridgehead atoms. The van der Waals surface area contributed by atoms with Gasteiger partial charge in [0, 0.05) is 24.6 Å². The molecule has 0 saturated carbocycles. The van der Waals surface area contributed by atoms with Gasteiger partial charge in [-0.3, -0.25) is 9.59 Å². The van der Waals surface area contributed by atoms with Crippen molar-refractivity contribution in [3.63, 3.8) is 0 Å². The molecule has 0 aliphatic carbocycles. The molecule has 1 rings (SSSR count). The van der Waals surface area contributed by atoms with Crippen LogP contribution in [0, 0.1) is 5.92 Å². The number of hydrogen-bond acceptors (Lipinski definition) is 3. The lowest BCUT2D eigenvalue weighted by atomic mass is 10.1. The number of rotatable bonds is 9. The van der Waals surface area contributed by atoms with Gasteiger partial charge in [-0.2, -0.15) is 0 Å². The van der Waals surface area contributed by atoms with Crippen molar-refractivity contribution in [2.75, 3.05) is 18.9 Å². The van der Waals surface area contributed by atoms with Crippen LogP contribution < -0.4 is 16.0 Å². The number of carbonyl (C=O) groups is 2. The number of halogens is 1. The highest BCUT2D eigenvalue weighted by Crippen LogP contribution is 2.13. The molecule has 0 spiro atoms. The van der Waals surface area contributed by atoms with Gasteiger partial charge in [0.2, 0.25) is 11.8 Å². The first-order valence-electron chi connectivity index (χ1n) is 7.88. The Morgan fingerprint density at radius 1 is 1.26 bits per heavy atom. The fourth-order valence-corrected chi connectivity index (χ4v) is 1.92. The number of benzene rings is 1. The first-order chi connectivity index (χ1) is 10.6. The van der Waals surface area contributed by atoms with E-state index in [1.54, 1.807) is 0 Å². The second kappa shape index (κ2) is 11.9. The summed E-state index contributed by atoms with van der Waals surface area (Å²) in [6.45, 7) is 5.21. The minimum atomic E-state index is -0.00414. The third-order valence-electron chi connectivity index (χ3n) is 3.57. The third kappa shape index (κ3) is 8.57. The maximum atomic E-state index is 11.9. The van der Waals surface area contributed by atoms with E-state index in [0.29, 0.717) is 13.0 Å². The van der Waals surface area contributed by atoms with Crippen LogP contribution in [0.15, 0.2) is 24.3 Å². The lowest BCUT2D eigenvalue weighted by molar-refractivity contribution is -0.121. The molecule has 130 valence electrons. The fourth-order valence-electron chi connectivity index (χ4n) is 1.92. The molecule has 23 heavy (non-hydrogen) atoms. The molecular weight excluding hydrogens is 314 g/mol. The summed E-state index contributed by atoms with van der Waals surface area (Å²) in [5.41, 5.74) is 1.75. The molecular formula is C17H28ClN3O2. The standard InChI is InChI=1S/C17H27N3O2.ClH/c1-4-13(2)17(22)20-15-8-5-7-14(11-15)12-19-16(21)9-6-10-18-3;/h5,7-8,11,13,18H,4,6,9-10,12H2,1-3H3,(H,19,21)(H,20,22);1H. The van der Waals surface area contributed by atoms with E-state index in [1.165, 1.54) is 0 Å². The Bertz CT molecular complexity index is 494. The number of amides is 2. The van der Waals surface area contributed by atoms with Gasteiger partial charge in [0.1, 0.15) is 0 Å². The van der Waals surface area contributed by atoms with Crippen molar-refractivity contribution < 1.29 is 9.59 Å². The molecule has 3 N–H and O–H groups in total. The Labute approximate surface area is 145 Å². The molecule has 2 amide bonds. The molecule has 0 radical (unpaired) electrons. The Morgan fingerprint density at radius 2 is 2.00 bits per heavy atom. The van der Waals surface area contributed by atoms with E-state index < -0.39 is 0 Å². The summed E-state index contributed by atoms with van der Waals surface area (Å²) in [5.74, 6) is 0.0654. The van der Waals surface area contributed by atoms with Gasteiger partial charge >= 0.3 is 0 Å². The van der Waals surface area contributed by atoms with Crippen molar-refractivity contribution in [1.29, 1.82) is 0 Å². The number of nitrogens with one attached hydrogen (secondary N) is 3. The number of carbonyl (C=O) groups excluding carboxylic acids is 2. The average Bonchev–Trinajstić information content (AvgIpc) is 2.52. The number of anilines is 1. The summed E-state index contributed by atoms with van der Waals surface area (Å²) < 4.78 is 0. The minimum Gasteiger partial charge on any atom is -0.352 e. The monoisotopic (exact) mass is 341 g/mol. The zero-order chi connectivity index (χ0) is 16.4. The predicted molar refractivity (Wildman–Crippen MR) is 96.8 cm³/mol. The maximum absolute atomic E-state index is 11.9. The molecule has 0 aliphatic rings. The maximum Gasteiger partial charge on any atom is 0.227 e. The molecule has 1 aromatic rings. The van der Waals surface area contributed by atoms with Crippen molar-refractivity contribution in [3.05, 3.63) is 29.8 Å². The molecule has 0 fully saturated rings. The third-order valence-corrected chi connectivity index (χ3v) is 3.57. The molecule has 1 unspecified atom stereocenters. The summed E-state index contributed by atoms with van der Waals surface area (Å²) in [7, 11) is 1.87. The van der Waals surface area contributed by atoms with E-state index in [2.05, 4.69) is 16.0 Å². The van der Waals surface area contributed by atoms with Crippen molar-refractivity contribution >= 4 is 29.9 Å². The molecule has 0 saturated heterocycles. The first-order valence-corrected chi connectivity index (χ1v) is 7.88. The van der Waals surface area contributed by atoms with E-state index in [9.17, 15) is 9.59 Å². The van der Waals surface area contributed by atoms with Gasteiger partial charge in [0.15, 0.2) is 0 Å². The summed E-state index contributed by atoms with van der Waals surface area (Å²) >= 11 is 0. The second-order valence-electron chi connectivity index (χ2n) is 5.48. The van der Waals surface area contributed by atoms with E-state index in [0.717, 1.165) is 30.6 Å². The van der Waals surface area contributed by atoms with E-state index >= 15 is 0 Å². The van der Waals surface area contributed by atoms with Crippen LogP contribution in [0.4, 0.5) is 5.69 Å². The van der Waals surface area contributed by atoms with Crippen LogP contribution in [0.25, 0.3) is 0 Å². The van der Waals surface area contributed by atoms with Gasteiger partial charge in [0.25, 0.3) is 0 Å². The highest BCUT2D eigenvalue weighted by Gasteiger charge is 2.10. The molecule has 0 aliphatic heterocycles. The minimum absolute atomic E-state index is 0. The first kappa shape index (κ1) is 21.4. The van der Waals surface area contributed by atoms with Crippen LogP contribution in [-0.4, -0.2) is 25.4 Å². The average molecular weight is 342 g/mol. The van der Waals surface area contributed by atoms with Crippen molar-refractivity contribution in [2.24, 2.45) is 5.92 Å². The second-order valence-corrected chi connectivity index (χ2v) is 5.48. The quantitative estimate of drug-likeness (QED) is 0.605. The summed E-state index contributed by atoms with van der Waals surface area (Å²) in [6.07, 6.45) is 2.16. The highest BCUT2D eigenvalue weighted by atomic mass is 35.5. The Kier molecular flexibility index (Phi) is 11.1. The van der Waals surface area contributed by atoms with E-state index in [-0.39, 0.29) is 30.1 Å². The molecule has 5 nitrogen and oxygen atoms in total. The summed E-state index contributed by atoms with van der Waals surface area (Å²) in [5, 5.41) is 8.81. The van der Waals surface area contributed by atoms with Gasteiger partial charge in [-0.1, -0.05) is 26.0 Å². The Morgan fingerprint density at radius 3 is 2.65 bits per heavy atom. The molecule has 1 atom stereocenters. The predicted octanol–water partition coefficient (Wildman–Crippen LogP) is 2.71. The van der Waals surface area contributed by atoms with Gasteiger partial charge in [0.05, 0.1) is 0 Å².